The number of rotatable bonds is 6. The second kappa shape index (κ2) is 17.1. The quantitative estimate of drug-likeness (QED) is 0.181. The summed E-state index contributed by atoms with van der Waals surface area (Å²) in [5, 5.41) is 12.6. The molecule has 2 aromatic heterocycles. The van der Waals surface area contributed by atoms with Crippen molar-refractivity contribution in [2.24, 2.45) is 0 Å². The molecule has 0 aliphatic rings. The minimum absolute atomic E-state index is 0.0976. The van der Waals surface area contributed by atoms with Crippen molar-refractivity contribution in [1.82, 2.24) is 14.5 Å². The lowest BCUT2D eigenvalue weighted by molar-refractivity contribution is 0.446. The zero-order chi connectivity index (χ0) is 54.5. The summed E-state index contributed by atoms with van der Waals surface area (Å²) in [6.45, 7) is 27.7. The summed E-state index contributed by atoms with van der Waals surface area (Å²) < 4.78 is 53.2. The Morgan fingerprint density at radius 3 is 1.65 bits per heavy atom. The largest absolute Gasteiger partial charge is 0.507 e. The van der Waals surface area contributed by atoms with E-state index in [2.05, 4.69) is 152 Å². The zero-order valence-electron chi connectivity index (χ0n) is 48.9. The fourth-order valence-corrected chi connectivity index (χ4v) is 8.93. The van der Waals surface area contributed by atoms with Crippen LogP contribution in [-0.4, -0.2) is 19.6 Å². The smallest absolute Gasteiger partial charge is 0.149 e. The highest BCUT2D eigenvalue weighted by Gasteiger charge is 2.30. The molecule has 4 nitrogen and oxygen atoms in total. The third-order valence-corrected chi connectivity index (χ3v) is 13.3. The van der Waals surface area contributed by atoms with Gasteiger partial charge in [-0.2, -0.15) is 0 Å². The van der Waals surface area contributed by atoms with Crippen LogP contribution >= 0.6 is 0 Å². The summed E-state index contributed by atoms with van der Waals surface area (Å²) in [6, 6.07) is 40.0. The molecule has 0 aliphatic carbocycles. The van der Waals surface area contributed by atoms with Crippen molar-refractivity contribution >= 4 is 11.0 Å². The Morgan fingerprint density at radius 1 is 0.471 bits per heavy atom. The Kier molecular flexibility index (Phi) is 10.2. The van der Waals surface area contributed by atoms with Crippen molar-refractivity contribution in [2.45, 2.75) is 145 Å². The van der Waals surface area contributed by atoms with Gasteiger partial charge in [-0.15, -0.1) is 0 Å². The lowest BCUT2D eigenvalue weighted by atomic mass is 9.78. The van der Waals surface area contributed by atoms with Gasteiger partial charge in [-0.05, 0) is 145 Å². The van der Waals surface area contributed by atoms with Gasteiger partial charge in [0, 0.05) is 31.1 Å². The molecule has 0 amide bonds. The summed E-state index contributed by atoms with van der Waals surface area (Å²) in [5.41, 5.74) is 13.5. The second-order valence-electron chi connectivity index (χ2n) is 24.0. The fraction of sp³-hybridized carbons (Fsp3) is 0.344. The van der Waals surface area contributed by atoms with E-state index >= 15 is 0 Å². The van der Waals surface area contributed by atoms with Crippen LogP contribution in [0.2, 0.25) is 0 Å². The molecule has 2 heterocycles. The first-order valence-electron chi connectivity index (χ1n) is 26.9. The third kappa shape index (κ3) is 9.57. The third-order valence-electron chi connectivity index (χ3n) is 13.3. The zero-order valence-corrected chi connectivity index (χ0v) is 42.9. The van der Waals surface area contributed by atoms with Gasteiger partial charge in [0.25, 0.3) is 0 Å². The SMILES string of the molecule is [2H]C([2H])([2H])c1ccc(-c2ccnc(-c3cc(-c4cccc5c4nc(-c4cc(C(C)(C)C)cc(C(C)(C)C)c4O)n5-c4ccc(-c5cc(C(C)(C)C)cc(C(C)(C)C)c5)cc4C([2H])([2H])[2H])cc(C(C)(C)C)c3)c2)cc1. The second-order valence-corrected chi connectivity index (χ2v) is 24.0. The maximum atomic E-state index is 12.6. The van der Waals surface area contributed by atoms with Crippen molar-refractivity contribution in [3.63, 3.8) is 0 Å². The maximum absolute atomic E-state index is 12.6. The number of hydrogen-bond donors (Lipinski definition) is 1. The van der Waals surface area contributed by atoms with Gasteiger partial charge in [-0.3, -0.25) is 9.55 Å². The minimum Gasteiger partial charge on any atom is -0.507 e. The van der Waals surface area contributed by atoms with Gasteiger partial charge in [0.15, 0.2) is 0 Å². The monoisotopic (exact) mass is 906 g/mol. The van der Waals surface area contributed by atoms with Crippen LogP contribution in [0.3, 0.4) is 0 Å². The lowest BCUT2D eigenvalue weighted by Gasteiger charge is -2.27. The van der Waals surface area contributed by atoms with Gasteiger partial charge in [-0.25, -0.2) is 4.98 Å². The number of aromatic hydroxyl groups is 1. The number of phenolic OH excluding ortho intramolecular Hbond substituents is 1. The summed E-state index contributed by atoms with van der Waals surface area (Å²) in [4.78, 5) is 10.4. The highest BCUT2D eigenvalue weighted by Crippen LogP contribution is 2.46. The van der Waals surface area contributed by atoms with E-state index in [1.54, 1.807) is 18.3 Å². The molecular formula is C64H73N3O. The summed E-state index contributed by atoms with van der Waals surface area (Å²) in [5.74, 6) is 0.524. The van der Waals surface area contributed by atoms with Crippen molar-refractivity contribution in [3.05, 3.63) is 166 Å². The van der Waals surface area contributed by atoms with Crippen LogP contribution in [0.15, 0.2) is 128 Å². The van der Waals surface area contributed by atoms with Gasteiger partial charge in [0.05, 0.1) is 28.0 Å². The van der Waals surface area contributed by atoms with Crippen molar-refractivity contribution in [3.8, 4) is 67.5 Å². The fourth-order valence-electron chi connectivity index (χ4n) is 8.93. The van der Waals surface area contributed by atoms with E-state index in [4.69, 9.17) is 14.1 Å². The number of fused-ring (bicyclic) bond motifs is 1. The van der Waals surface area contributed by atoms with E-state index in [-0.39, 0.29) is 38.5 Å². The number of aryl methyl sites for hydroxylation is 2. The first kappa shape index (κ1) is 40.8. The Bertz CT molecular complexity index is 3400. The molecule has 0 atom stereocenters. The van der Waals surface area contributed by atoms with Gasteiger partial charge in [0.1, 0.15) is 11.6 Å². The standard InChI is InChI=1S/C64H73N3O/c1-39-21-23-41(24-22-39)43-27-28-65-54(35-43)46-30-45(33-47(34-46)60(3,4)5)51-19-18-20-56-57(51)66-59(52-37-50(63(12,13)14)38-53(58(52)68)64(15,16)17)67(56)55-26-25-42(29-40(55)2)44-31-48(61(6,7)8)36-49(32-44)62(9,10)11/h18-38,68H,1-17H3/i1D3,2D3. The van der Waals surface area contributed by atoms with E-state index in [0.717, 1.165) is 61.3 Å². The number of nitrogens with zero attached hydrogens (tertiary/aromatic N) is 3. The Hall–Kier alpha value is -6.26. The van der Waals surface area contributed by atoms with E-state index in [9.17, 15) is 9.22 Å². The molecular weight excluding hydrogens is 827 g/mol. The molecule has 0 radical (unpaired) electrons. The number of benzene rings is 6. The number of pyridine rings is 1. The van der Waals surface area contributed by atoms with Crippen LogP contribution in [0.5, 0.6) is 5.75 Å². The van der Waals surface area contributed by atoms with Crippen LogP contribution < -0.4 is 0 Å². The van der Waals surface area contributed by atoms with Crippen LogP contribution in [0.1, 0.15) is 151 Å². The number of hydrogen-bond acceptors (Lipinski definition) is 3. The van der Waals surface area contributed by atoms with Crippen LogP contribution in [0.25, 0.3) is 72.7 Å². The highest BCUT2D eigenvalue weighted by molar-refractivity contribution is 5.97. The first-order chi connectivity index (χ1) is 34.0. The first-order valence-corrected chi connectivity index (χ1v) is 23.9. The topological polar surface area (TPSA) is 50.9 Å². The Morgan fingerprint density at radius 2 is 1.04 bits per heavy atom. The van der Waals surface area contributed by atoms with Gasteiger partial charge >= 0.3 is 0 Å². The molecule has 0 bridgehead atoms. The van der Waals surface area contributed by atoms with Crippen LogP contribution in [0, 0.1) is 13.7 Å². The Labute approximate surface area is 416 Å². The summed E-state index contributed by atoms with van der Waals surface area (Å²) in [7, 11) is 0. The summed E-state index contributed by atoms with van der Waals surface area (Å²) >= 11 is 0. The highest BCUT2D eigenvalue weighted by atomic mass is 16.3. The van der Waals surface area contributed by atoms with Crippen molar-refractivity contribution < 1.29 is 13.3 Å². The van der Waals surface area contributed by atoms with Crippen LogP contribution in [-0.2, 0) is 27.1 Å². The van der Waals surface area contributed by atoms with Crippen molar-refractivity contribution in [2.75, 3.05) is 0 Å². The molecule has 4 heteroatoms. The van der Waals surface area contributed by atoms with Gasteiger partial charge in [-0.1, -0.05) is 182 Å². The van der Waals surface area contributed by atoms with E-state index in [0.29, 0.717) is 28.1 Å². The predicted molar refractivity (Wildman–Crippen MR) is 291 cm³/mol. The van der Waals surface area contributed by atoms with Gasteiger partial charge in [0.2, 0.25) is 0 Å². The molecule has 350 valence electrons. The molecule has 0 fully saturated rings. The number of imidazole rings is 1. The summed E-state index contributed by atoms with van der Waals surface area (Å²) in [6.07, 6.45) is 1.78. The lowest BCUT2D eigenvalue weighted by Crippen LogP contribution is -2.17. The maximum Gasteiger partial charge on any atom is 0.149 e. The normalized spacial score (nSPS) is 14.5. The number of para-hydroxylation sites is 1. The molecule has 0 aliphatic heterocycles. The van der Waals surface area contributed by atoms with Gasteiger partial charge < -0.3 is 5.11 Å². The number of aromatic nitrogens is 3. The molecule has 8 aromatic rings. The molecule has 6 aromatic carbocycles. The van der Waals surface area contributed by atoms with E-state index in [1.807, 2.05) is 65.2 Å². The molecule has 0 saturated heterocycles. The minimum atomic E-state index is -2.55. The van der Waals surface area contributed by atoms with Crippen molar-refractivity contribution in [1.29, 1.82) is 0 Å². The molecule has 1 N–H and O–H groups in total. The molecule has 0 spiro atoms. The predicted octanol–water partition coefficient (Wildman–Crippen LogP) is 17.6. The average molecular weight is 906 g/mol. The molecule has 0 unspecified atom stereocenters. The van der Waals surface area contributed by atoms with Crippen LogP contribution in [0.4, 0.5) is 0 Å². The Balaban J connectivity index is 1.43. The molecule has 8 rings (SSSR count). The average Bonchev–Trinajstić information content (AvgIpc) is 3.68. The van der Waals surface area contributed by atoms with E-state index in [1.165, 1.54) is 11.1 Å². The number of phenols is 1. The van der Waals surface area contributed by atoms with E-state index < -0.39 is 19.1 Å². The molecule has 0 saturated carbocycles. The molecule has 68 heavy (non-hydrogen) atoms.